The summed E-state index contributed by atoms with van der Waals surface area (Å²) in [6.07, 6.45) is 13.6. The minimum Gasteiger partial charge on any atom is -0.340 e. The predicted molar refractivity (Wildman–Crippen MR) is 81.5 cm³/mol. The fraction of sp³-hybridized carbons (Fsp3) is 0.824. The Hall–Kier alpha value is -0.830. The van der Waals surface area contributed by atoms with Crippen molar-refractivity contribution in [3.05, 3.63) is 12.2 Å². The van der Waals surface area contributed by atoms with E-state index in [0.717, 1.165) is 25.8 Å². The lowest BCUT2D eigenvalue weighted by Gasteiger charge is -2.38. The van der Waals surface area contributed by atoms with E-state index < -0.39 is 0 Å². The molecule has 1 aliphatic carbocycles. The molecule has 3 nitrogen and oxygen atoms in total. The second kappa shape index (κ2) is 6.30. The zero-order chi connectivity index (χ0) is 13.9. The molecule has 0 aromatic carbocycles. The highest BCUT2D eigenvalue weighted by Gasteiger charge is 2.37. The van der Waals surface area contributed by atoms with Gasteiger partial charge in [0.15, 0.2) is 0 Å². The number of piperidine rings is 1. The summed E-state index contributed by atoms with van der Waals surface area (Å²) in [6.45, 7) is 3.13. The van der Waals surface area contributed by atoms with Gasteiger partial charge in [-0.15, -0.1) is 0 Å². The van der Waals surface area contributed by atoms with Crippen LogP contribution in [-0.4, -0.2) is 35.5 Å². The average Bonchev–Trinajstić information content (AvgIpc) is 3.05. The third-order valence-electron chi connectivity index (χ3n) is 5.22. The maximum atomic E-state index is 12.7. The lowest BCUT2D eigenvalue weighted by atomic mass is 9.96. The lowest BCUT2D eigenvalue weighted by molar-refractivity contribution is -0.135. The van der Waals surface area contributed by atoms with Crippen molar-refractivity contribution in [2.24, 2.45) is 5.92 Å². The Bertz CT molecular complexity index is 367. The molecule has 3 rings (SSSR count). The van der Waals surface area contributed by atoms with Crippen molar-refractivity contribution in [3.8, 4) is 0 Å². The molecular formula is C17H28N2O. The van der Waals surface area contributed by atoms with E-state index in [1.807, 2.05) is 0 Å². The van der Waals surface area contributed by atoms with Crippen molar-refractivity contribution in [3.63, 3.8) is 0 Å². The number of nitrogens with zero attached hydrogens (tertiary/aromatic N) is 1. The molecule has 3 aliphatic rings. The quantitative estimate of drug-likeness (QED) is 0.783. The maximum absolute atomic E-state index is 12.7. The van der Waals surface area contributed by atoms with E-state index >= 15 is 0 Å². The lowest BCUT2D eigenvalue weighted by Crippen LogP contribution is -2.50. The van der Waals surface area contributed by atoms with Crippen molar-refractivity contribution in [1.82, 2.24) is 10.2 Å². The van der Waals surface area contributed by atoms with Gasteiger partial charge in [-0.05, 0) is 50.9 Å². The summed E-state index contributed by atoms with van der Waals surface area (Å²) in [4.78, 5) is 14.9. The van der Waals surface area contributed by atoms with Gasteiger partial charge in [-0.1, -0.05) is 19.1 Å². The number of hydrogen-bond acceptors (Lipinski definition) is 2. The molecule has 2 saturated heterocycles. The zero-order valence-corrected chi connectivity index (χ0v) is 12.7. The van der Waals surface area contributed by atoms with Gasteiger partial charge in [-0.3, -0.25) is 4.79 Å². The molecule has 3 unspecified atom stereocenters. The Morgan fingerprint density at radius 1 is 1.25 bits per heavy atom. The van der Waals surface area contributed by atoms with Gasteiger partial charge in [0.1, 0.15) is 0 Å². The molecule has 2 aliphatic heterocycles. The molecule has 112 valence electrons. The Kier molecular flexibility index (Phi) is 4.45. The molecule has 3 atom stereocenters. The van der Waals surface area contributed by atoms with Crippen LogP contribution in [0.25, 0.3) is 0 Å². The van der Waals surface area contributed by atoms with Crippen LogP contribution in [0, 0.1) is 5.92 Å². The topological polar surface area (TPSA) is 32.3 Å². The van der Waals surface area contributed by atoms with Gasteiger partial charge in [-0.2, -0.15) is 0 Å². The number of carbonyl (C=O) groups is 1. The van der Waals surface area contributed by atoms with Gasteiger partial charge in [0, 0.05) is 31.1 Å². The summed E-state index contributed by atoms with van der Waals surface area (Å²) in [6, 6.07) is 1.82. The van der Waals surface area contributed by atoms with Crippen LogP contribution in [0.3, 0.4) is 0 Å². The van der Waals surface area contributed by atoms with E-state index in [1.165, 1.54) is 32.1 Å². The molecule has 0 aromatic heterocycles. The number of nitrogens with one attached hydrogen (secondary N) is 1. The largest absolute Gasteiger partial charge is 0.340 e. The molecule has 2 bridgehead atoms. The molecule has 0 spiro atoms. The number of hydrogen-bond donors (Lipinski definition) is 1. The molecule has 3 heteroatoms. The van der Waals surface area contributed by atoms with E-state index in [4.69, 9.17) is 0 Å². The minimum atomic E-state index is 0.398. The normalized spacial score (nSPS) is 35.5. The Balaban J connectivity index is 1.61. The Morgan fingerprint density at radius 3 is 2.60 bits per heavy atom. The van der Waals surface area contributed by atoms with E-state index in [1.54, 1.807) is 0 Å². The van der Waals surface area contributed by atoms with Crippen molar-refractivity contribution in [1.29, 1.82) is 0 Å². The van der Waals surface area contributed by atoms with E-state index in [9.17, 15) is 4.79 Å². The van der Waals surface area contributed by atoms with Gasteiger partial charge >= 0.3 is 0 Å². The summed E-state index contributed by atoms with van der Waals surface area (Å²) in [5, 5.41) is 3.68. The summed E-state index contributed by atoms with van der Waals surface area (Å²) in [5.74, 6) is 0.898. The summed E-state index contributed by atoms with van der Waals surface area (Å²) < 4.78 is 0. The third kappa shape index (κ3) is 3.08. The fourth-order valence-electron chi connectivity index (χ4n) is 4.24. The summed E-state index contributed by atoms with van der Waals surface area (Å²) >= 11 is 0. The second-order valence-corrected chi connectivity index (χ2v) is 6.82. The number of carbonyl (C=O) groups excluding carboxylic acids is 1. The van der Waals surface area contributed by atoms with Crippen LogP contribution in [0.4, 0.5) is 0 Å². The molecule has 2 heterocycles. The number of amides is 1. The number of fused-ring (bicyclic) bond motifs is 2. The molecule has 0 radical (unpaired) electrons. The molecule has 1 N–H and O–H groups in total. The highest BCUT2D eigenvalue weighted by atomic mass is 16.2. The first-order valence-electron chi connectivity index (χ1n) is 8.48. The van der Waals surface area contributed by atoms with Crippen LogP contribution in [0.5, 0.6) is 0 Å². The van der Waals surface area contributed by atoms with E-state index in [2.05, 4.69) is 29.3 Å². The van der Waals surface area contributed by atoms with E-state index in [-0.39, 0.29) is 0 Å². The second-order valence-electron chi connectivity index (χ2n) is 6.82. The first-order chi connectivity index (χ1) is 9.76. The Morgan fingerprint density at radius 2 is 2.00 bits per heavy atom. The molecule has 0 saturated carbocycles. The average molecular weight is 276 g/mol. The van der Waals surface area contributed by atoms with Crippen LogP contribution < -0.4 is 5.32 Å². The van der Waals surface area contributed by atoms with Gasteiger partial charge < -0.3 is 10.2 Å². The summed E-state index contributed by atoms with van der Waals surface area (Å²) in [7, 11) is 0. The fourth-order valence-corrected chi connectivity index (χ4v) is 4.24. The highest BCUT2D eigenvalue weighted by molar-refractivity contribution is 5.77. The smallest absolute Gasteiger partial charge is 0.223 e. The number of rotatable bonds is 5. The minimum absolute atomic E-state index is 0.398. The van der Waals surface area contributed by atoms with Crippen molar-refractivity contribution in [2.45, 2.75) is 76.4 Å². The van der Waals surface area contributed by atoms with Crippen LogP contribution in [0.15, 0.2) is 12.2 Å². The standard InChI is InChI=1S/C17H28N2O/c1-2-9-19(17(20)10-13-5-3-4-6-13)16-11-14-7-8-15(12-16)18-14/h3,5,13-16,18H,2,4,6-12H2,1H3. The van der Waals surface area contributed by atoms with E-state index in [0.29, 0.717) is 30.0 Å². The zero-order valence-electron chi connectivity index (χ0n) is 12.7. The maximum Gasteiger partial charge on any atom is 0.223 e. The number of allylic oxidation sites excluding steroid dienone is 2. The van der Waals surface area contributed by atoms with Crippen LogP contribution in [0.2, 0.25) is 0 Å². The first-order valence-corrected chi connectivity index (χ1v) is 8.48. The molecule has 20 heavy (non-hydrogen) atoms. The van der Waals surface area contributed by atoms with Gasteiger partial charge in [-0.25, -0.2) is 0 Å². The van der Waals surface area contributed by atoms with Gasteiger partial charge in [0.2, 0.25) is 5.91 Å². The van der Waals surface area contributed by atoms with Crippen molar-refractivity contribution in [2.75, 3.05) is 6.54 Å². The predicted octanol–water partition coefficient (Wildman–Crippen LogP) is 2.86. The van der Waals surface area contributed by atoms with Crippen molar-refractivity contribution < 1.29 is 4.79 Å². The highest BCUT2D eigenvalue weighted by Crippen LogP contribution is 2.31. The third-order valence-corrected chi connectivity index (χ3v) is 5.22. The van der Waals surface area contributed by atoms with Gasteiger partial charge in [0.25, 0.3) is 0 Å². The molecular weight excluding hydrogens is 248 g/mol. The Labute approximate surface area is 122 Å². The van der Waals surface area contributed by atoms with Crippen LogP contribution in [-0.2, 0) is 4.79 Å². The molecule has 0 aromatic rings. The molecule has 1 amide bonds. The first kappa shape index (κ1) is 14.1. The van der Waals surface area contributed by atoms with Crippen LogP contribution >= 0.6 is 0 Å². The summed E-state index contributed by atoms with van der Waals surface area (Å²) in [5.41, 5.74) is 0. The monoisotopic (exact) mass is 276 g/mol. The van der Waals surface area contributed by atoms with Crippen molar-refractivity contribution >= 4 is 5.91 Å². The SMILES string of the molecule is CCCN(C(=O)CC1C=CCC1)C1CC2CCC(C1)N2. The van der Waals surface area contributed by atoms with Crippen LogP contribution in [0.1, 0.15) is 58.3 Å². The van der Waals surface area contributed by atoms with Gasteiger partial charge in [0.05, 0.1) is 0 Å². The molecule has 2 fully saturated rings.